The largest absolute Gasteiger partial charge is 0.466 e. The maximum Gasteiger partial charge on any atom is 0.325 e. The third kappa shape index (κ3) is 3.04. The number of carbonyl (C=O) groups is 3. The van der Waals surface area contributed by atoms with E-state index in [2.05, 4.69) is 16.8 Å². The Labute approximate surface area is 164 Å². The van der Waals surface area contributed by atoms with Crippen LogP contribution in [0.4, 0.5) is 4.79 Å². The molecule has 7 heteroatoms. The van der Waals surface area contributed by atoms with Gasteiger partial charge in [0, 0.05) is 29.1 Å². The summed E-state index contributed by atoms with van der Waals surface area (Å²) in [5, 5.41) is 2.73. The zero-order valence-corrected chi connectivity index (χ0v) is 17.3. The third-order valence-electron chi connectivity index (χ3n) is 5.48. The smallest absolute Gasteiger partial charge is 0.325 e. The van der Waals surface area contributed by atoms with Gasteiger partial charge in [-0.05, 0) is 53.2 Å². The Kier molecular flexibility index (Phi) is 4.95. The Balaban J connectivity index is 1.86. The standard InChI is InChI=1S/C21H27N3O4/c1-7-8-23-12(2)9-16(14(23)4)18(25)11-24-19(26)21(6,22-20(24)27)17-10-13(3)28-15(17)5/h9-10H,7-8,11H2,1-6H3,(H,22,27). The first-order valence-corrected chi connectivity index (χ1v) is 9.51. The number of aryl methyl sites for hydroxylation is 3. The number of ketones is 1. The third-order valence-corrected chi connectivity index (χ3v) is 5.48. The lowest BCUT2D eigenvalue weighted by Gasteiger charge is -2.21. The second kappa shape index (κ2) is 6.96. The van der Waals surface area contributed by atoms with E-state index in [-0.39, 0.29) is 12.3 Å². The number of aromatic nitrogens is 1. The fourth-order valence-corrected chi connectivity index (χ4v) is 4.03. The van der Waals surface area contributed by atoms with Gasteiger partial charge in [0.2, 0.25) is 0 Å². The van der Waals surface area contributed by atoms with Crippen molar-refractivity contribution in [3.05, 3.63) is 46.2 Å². The molecule has 1 unspecified atom stereocenters. The van der Waals surface area contributed by atoms with E-state index in [4.69, 9.17) is 4.42 Å². The fourth-order valence-electron chi connectivity index (χ4n) is 4.03. The average Bonchev–Trinajstić information content (AvgIpc) is 3.18. The fraction of sp³-hybridized carbons (Fsp3) is 0.476. The summed E-state index contributed by atoms with van der Waals surface area (Å²) in [4.78, 5) is 39.5. The quantitative estimate of drug-likeness (QED) is 0.610. The van der Waals surface area contributed by atoms with E-state index in [9.17, 15) is 14.4 Å². The van der Waals surface area contributed by atoms with Gasteiger partial charge >= 0.3 is 6.03 Å². The van der Waals surface area contributed by atoms with Crippen molar-refractivity contribution >= 4 is 17.7 Å². The van der Waals surface area contributed by atoms with Crippen LogP contribution in [-0.4, -0.2) is 33.7 Å². The van der Waals surface area contributed by atoms with Gasteiger partial charge < -0.3 is 14.3 Å². The van der Waals surface area contributed by atoms with Crippen LogP contribution in [0.15, 0.2) is 16.5 Å². The van der Waals surface area contributed by atoms with Crippen molar-refractivity contribution in [2.75, 3.05) is 6.54 Å². The van der Waals surface area contributed by atoms with Gasteiger partial charge in [-0.1, -0.05) is 6.92 Å². The SMILES string of the molecule is CCCn1c(C)cc(C(=O)CN2C(=O)NC(C)(c3cc(C)oc3C)C2=O)c1C. The monoisotopic (exact) mass is 385 g/mol. The van der Waals surface area contributed by atoms with E-state index in [0.717, 1.165) is 29.3 Å². The van der Waals surface area contributed by atoms with Crippen molar-refractivity contribution < 1.29 is 18.8 Å². The molecule has 3 amide bonds. The highest BCUT2D eigenvalue weighted by atomic mass is 16.3. The topological polar surface area (TPSA) is 84.6 Å². The lowest BCUT2D eigenvalue weighted by atomic mass is 9.92. The molecule has 0 aromatic carbocycles. The summed E-state index contributed by atoms with van der Waals surface area (Å²) in [6.45, 7) is 11.6. The first kappa shape index (κ1) is 19.9. The predicted molar refractivity (Wildman–Crippen MR) is 104 cm³/mol. The molecule has 2 aromatic heterocycles. The minimum Gasteiger partial charge on any atom is -0.466 e. The lowest BCUT2D eigenvalue weighted by molar-refractivity contribution is -0.130. The van der Waals surface area contributed by atoms with E-state index in [1.165, 1.54) is 0 Å². The molecule has 1 saturated heterocycles. The van der Waals surface area contributed by atoms with Crippen LogP contribution in [-0.2, 0) is 16.9 Å². The number of nitrogens with one attached hydrogen (secondary N) is 1. The van der Waals surface area contributed by atoms with Crippen LogP contribution in [0.3, 0.4) is 0 Å². The molecule has 1 aliphatic heterocycles. The van der Waals surface area contributed by atoms with E-state index in [1.54, 1.807) is 26.8 Å². The van der Waals surface area contributed by atoms with Gasteiger partial charge in [0.1, 0.15) is 17.1 Å². The number of furan rings is 1. The van der Waals surface area contributed by atoms with Gasteiger partial charge in [0.25, 0.3) is 5.91 Å². The number of imide groups is 1. The Hall–Kier alpha value is -2.83. The summed E-state index contributed by atoms with van der Waals surface area (Å²) < 4.78 is 7.61. The number of Topliss-reactive ketones (excluding diaryl/α,β-unsaturated/α-hetero) is 1. The van der Waals surface area contributed by atoms with Crippen LogP contribution in [0.25, 0.3) is 0 Å². The highest BCUT2D eigenvalue weighted by molar-refractivity contribution is 6.11. The van der Waals surface area contributed by atoms with Gasteiger partial charge in [-0.25, -0.2) is 4.79 Å². The Morgan fingerprint density at radius 2 is 1.86 bits per heavy atom. The van der Waals surface area contributed by atoms with Crippen LogP contribution in [0.2, 0.25) is 0 Å². The number of nitrogens with zero attached hydrogens (tertiary/aromatic N) is 2. The van der Waals surface area contributed by atoms with Crippen LogP contribution in [0, 0.1) is 27.7 Å². The molecule has 2 aromatic rings. The van der Waals surface area contributed by atoms with E-state index in [1.807, 2.05) is 19.9 Å². The molecule has 1 N–H and O–H groups in total. The van der Waals surface area contributed by atoms with Crippen molar-refractivity contribution in [3.8, 4) is 0 Å². The van der Waals surface area contributed by atoms with Gasteiger partial charge in [-0.3, -0.25) is 14.5 Å². The molecule has 150 valence electrons. The highest BCUT2D eigenvalue weighted by Gasteiger charge is 2.51. The molecule has 0 saturated carbocycles. The number of hydrogen-bond donors (Lipinski definition) is 1. The second-order valence-corrected chi connectivity index (χ2v) is 7.63. The summed E-state index contributed by atoms with van der Waals surface area (Å²) >= 11 is 0. The Morgan fingerprint density at radius 3 is 2.43 bits per heavy atom. The predicted octanol–water partition coefficient (Wildman–Crippen LogP) is 3.37. The number of hydrogen-bond acceptors (Lipinski definition) is 4. The number of carbonyl (C=O) groups excluding carboxylic acids is 3. The molecule has 1 fully saturated rings. The van der Waals surface area contributed by atoms with Gasteiger partial charge in [-0.2, -0.15) is 0 Å². The number of amides is 3. The molecule has 28 heavy (non-hydrogen) atoms. The Morgan fingerprint density at radius 1 is 1.18 bits per heavy atom. The molecule has 3 rings (SSSR count). The molecule has 7 nitrogen and oxygen atoms in total. The van der Waals surface area contributed by atoms with Crippen molar-refractivity contribution in [3.63, 3.8) is 0 Å². The molecule has 0 aliphatic carbocycles. The molecular formula is C21H27N3O4. The average molecular weight is 385 g/mol. The normalized spacial score (nSPS) is 19.4. The zero-order chi connectivity index (χ0) is 20.8. The van der Waals surface area contributed by atoms with Crippen LogP contribution < -0.4 is 5.32 Å². The van der Waals surface area contributed by atoms with E-state index in [0.29, 0.717) is 22.6 Å². The minimum atomic E-state index is -1.24. The molecule has 0 radical (unpaired) electrons. The van der Waals surface area contributed by atoms with Crippen LogP contribution >= 0.6 is 0 Å². The second-order valence-electron chi connectivity index (χ2n) is 7.63. The van der Waals surface area contributed by atoms with Gasteiger partial charge in [0.05, 0.1) is 6.54 Å². The maximum absolute atomic E-state index is 13.1. The number of rotatable bonds is 6. The van der Waals surface area contributed by atoms with Gasteiger partial charge in [0.15, 0.2) is 5.78 Å². The first-order valence-electron chi connectivity index (χ1n) is 9.51. The molecule has 0 bridgehead atoms. The van der Waals surface area contributed by atoms with Crippen LogP contribution in [0.1, 0.15) is 59.1 Å². The molecule has 0 spiro atoms. The highest BCUT2D eigenvalue weighted by Crippen LogP contribution is 2.33. The maximum atomic E-state index is 13.1. The summed E-state index contributed by atoms with van der Waals surface area (Å²) in [6.07, 6.45) is 0.957. The van der Waals surface area contributed by atoms with E-state index < -0.39 is 17.5 Å². The number of urea groups is 1. The van der Waals surface area contributed by atoms with Gasteiger partial charge in [-0.15, -0.1) is 0 Å². The summed E-state index contributed by atoms with van der Waals surface area (Å²) in [7, 11) is 0. The zero-order valence-electron chi connectivity index (χ0n) is 17.3. The van der Waals surface area contributed by atoms with E-state index >= 15 is 0 Å². The minimum absolute atomic E-state index is 0.247. The van der Waals surface area contributed by atoms with Crippen molar-refractivity contribution in [1.29, 1.82) is 0 Å². The summed E-state index contributed by atoms with van der Waals surface area (Å²) in [5.74, 6) is 0.541. The van der Waals surface area contributed by atoms with Crippen LogP contribution in [0.5, 0.6) is 0 Å². The summed E-state index contributed by atoms with van der Waals surface area (Å²) in [5.41, 5.74) is 1.78. The first-order chi connectivity index (χ1) is 13.1. The van der Waals surface area contributed by atoms with Crippen molar-refractivity contribution in [2.24, 2.45) is 0 Å². The van der Waals surface area contributed by atoms with Crippen molar-refractivity contribution in [1.82, 2.24) is 14.8 Å². The molecular weight excluding hydrogens is 358 g/mol. The summed E-state index contributed by atoms with van der Waals surface area (Å²) in [6, 6.07) is 3.01. The Bertz CT molecular complexity index is 969. The molecule has 3 heterocycles. The molecule has 1 atom stereocenters. The lowest BCUT2D eigenvalue weighted by Crippen LogP contribution is -2.41. The molecule has 1 aliphatic rings. The van der Waals surface area contributed by atoms with Crippen molar-refractivity contribution in [2.45, 2.75) is 60.0 Å².